The zero-order valence-corrected chi connectivity index (χ0v) is 20.6. The van der Waals surface area contributed by atoms with Gasteiger partial charge in [-0.1, -0.05) is 24.3 Å². The lowest BCUT2D eigenvalue weighted by atomic mass is 9.96. The van der Waals surface area contributed by atoms with Gasteiger partial charge in [0.05, 0.1) is 31.2 Å². The fraction of sp³-hybridized carbons (Fsp3) is 0.241. The summed E-state index contributed by atoms with van der Waals surface area (Å²) in [6, 6.07) is 14.5. The van der Waals surface area contributed by atoms with Crippen molar-refractivity contribution in [3.8, 4) is 11.5 Å². The van der Waals surface area contributed by atoms with Crippen molar-refractivity contribution in [1.82, 2.24) is 4.90 Å². The zero-order valence-electron chi connectivity index (χ0n) is 20.6. The highest BCUT2D eigenvalue weighted by Gasteiger charge is 2.42. The largest absolute Gasteiger partial charge is 0.493 e. The van der Waals surface area contributed by atoms with Gasteiger partial charge in [-0.3, -0.25) is 9.59 Å². The highest BCUT2D eigenvalue weighted by molar-refractivity contribution is 5.99. The van der Waals surface area contributed by atoms with E-state index in [1.165, 1.54) is 12.1 Å². The van der Waals surface area contributed by atoms with Gasteiger partial charge in [0.15, 0.2) is 16.9 Å². The molecule has 0 N–H and O–H groups in total. The number of nitrogens with zero attached hydrogens (tertiary/aromatic N) is 1. The van der Waals surface area contributed by atoms with Crippen molar-refractivity contribution < 1.29 is 23.1 Å². The molecule has 0 saturated heterocycles. The first kappa shape index (κ1) is 23.6. The zero-order chi connectivity index (χ0) is 25.6. The van der Waals surface area contributed by atoms with Crippen LogP contribution in [-0.4, -0.2) is 31.6 Å². The van der Waals surface area contributed by atoms with Crippen molar-refractivity contribution in [2.45, 2.75) is 26.3 Å². The van der Waals surface area contributed by atoms with E-state index in [9.17, 15) is 14.0 Å². The van der Waals surface area contributed by atoms with Crippen LogP contribution in [0.2, 0.25) is 0 Å². The molecule has 4 aromatic rings. The molecule has 6 nitrogen and oxygen atoms in total. The third kappa shape index (κ3) is 3.90. The van der Waals surface area contributed by atoms with Gasteiger partial charge < -0.3 is 18.8 Å². The van der Waals surface area contributed by atoms with E-state index in [1.807, 2.05) is 38.1 Å². The highest BCUT2D eigenvalue weighted by atomic mass is 19.1. The third-order valence-electron chi connectivity index (χ3n) is 6.69. The van der Waals surface area contributed by atoms with E-state index in [-0.39, 0.29) is 17.1 Å². The van der Waals surface area contributed by atoms with E-state index in [0.717, 1.165) is 16.7 Å². The van der Waals surface area contributed by atoms with Gasteiger partial charge in [-0.05, 0) is 72.9 Å². The van der Waals surface area contributed by atoms with E-state index in [2.05, 4.69) is 0 Å². The molecule has 1 aromatic heterocycles. The number of fused-ring (bicyclic) bond motifs is 2. The van der Waals surface area contributed by atoms with Gasteiger partial charge in [-0.15, -0.1) is 0 Å². The van der Waals surface area contributed by atoms with E-state index in [1.54, 1.807) is 37.3 Å². The molecule has 1 aliphatic heterocycles. The van der Waals surface area contributed by atoms with Crippen LogP contribution in [0.4, 0.5) is 4.39 Å². The van der Waals surface area contributed by atoms with Gasteiger partial charge >= 0.3 is 0 Å². The van der Waals surface area contributed by atoms with Crippen LogP contribution in [0.5, 0.6) is 11.5 Å². The normalized spacial score (nSPS) is 14.9. The highest BCUT2D eigenvalue weighted by Crippen LogP contribution is 2.39. The fourth-order valence-electron chi connectivity index (χ4n) is 5.02. The molecule has 184 valence electrons. The first-order chi connectivity index (χ1) is 17.3. The molecule has 5 rings (SSSR count). The van der Waals surface area contributed by atoms with Crippen molar-refractivity contribution in [2.24, 2.45) is 0 Å². The molecule has 0 fully saturated rings. The number of halogens is 1. The van der Waals surface area contributed by atoms with Crippen LogP contribution in [0.15, 0.2) is 63.8 Å². The molecule has 0 spiro atoms. The maximum atomic E-state index is 13.8. The second kappa shape index (κ2) is 9.15. The fourth-order valence-corrected chi connectivity index (χ4v) is 5.02. The monoisotopic (exact) mass is 487 g/mol. The topological polar surface area (TPSA) is 69.0 Å². The number of hydrogen-bond acceptors (Lipinski definition) is 5. The van der Waals surface area contributed by atoms with Gasteiger partial charge in [0, 0.05) is 6.54 Å². The molecule has 36 heavy (non-hydrogen) atoms. The molecule has 0 saturated carbocycles. The van der Waals surface area contributed by atoms with Gasteiger partial charge in [-0.2, -0.15) is 0 Å². The van der Waals surface area contributed by atoms with Crippen LogP contribution in [0.1, 0.15) is 44.4 Å². The Bertz CT molecular complexity index is 1540. The Morgan fingerprint density at radius 2 is 1.67 bits per heavy atom. The van der Waals surface area contributed by atoms with Crippen molar-refractivity contribution in [2.75, 3.05) is 20.8 Å². The number of amides is 1. The third-order valence-corrected chi connectivity index (χ3v) is 6.69. The lowest BCUT2D eigenvalue weighted by molar-refractivity contribution is 0.0730. The smallest absolute Gasteiger partial charge is 0.290 e. The predicted molar refractivity (Wildman–Crippen MR) is 134 cm³/mol. The van der Waals surface area contributed by atoms with Crippen molar-refractivity contribution in [1.29, 1.82) is 0 Å². The Morgan fingerprint density at radius 3 is 2.36 bits per heavy atom. The van der Waals surface area contributed by atoms with Crippen LogP contribution in [0.25, 0.3) is 11.0 Å². The van der Waals surface area contributed by atoms with Crippen LogP contribution in [0.3, 0.4) is 0 Å². The average molecular weight is 488 g/mol. The van der Waals surface area contributed by atoms with E-state index in [0.29, 0.717) is 46.6 Å². The Balaban J connectivity index is 1.61. The average Bonchev–Trinajstić information content (AvgIpc) is 3.14. The Labute approximate surface area is 207 Å². The van der Waals surface area contributed by atoms with Gasteiger partial charge in [0.2, 0.25) is 5.76 Å². The van der Waals surface area contributed by atoms with Gasteiger partial charge in [-0.25, -0.2) is 4.39 Å². The van der Waals surface area contributed by atoms with Crippen LogP contribution in [-0.2, 0) is 6.42 Å². The number of benzene rings is 3. The molecule has 0 radical (unpaired) electrons. The van der Waals surface area contributed by atoms with Crippen molar-refractivity contribution in [3.05, 3.63) is 104 Å². The standard InChI is InChI=1S/C29H26FNO5/c1-16-13-17(2)24-23(14-16)36-28-25(27(24)32)26(19-6-8-20(30)9-7-19)31(29(28)33)12-11-18-5-10-21(34-3)22(15-18)35-4/h5-10,13-15,26H,11-12H2,1-4H3/t26-/m1/s1. The van der Waals surface area contributed by atoms with Crippen LogP contribution >= 0.6 is 0 Å². The van der Waals surface area contributed by atoms with Crippen molar-refractivity contribution >= 4 is 16.9 Å². The molecule has 1 amide bonds. The SMILES string of the molecule is COc1ccc(CCN2C(=O)c3oc4cc(C)cc(C)c4c(=O)c3[C@H]2c2ccc(F)cc2)cc1OC. The second-order valence-corrected chi connectivity index (χ2v) is 9.02. The lowest BCUT2D eigenvalue weighted by Gasteiger charge is -2.25. The quantitative estimate of drug-likeness (QED) is 0.367. The van der Waals surface area contributed by atoms with Crippen LogP contribution < -0.4 is 14.9 Å². The summed E-state index contributed by atoms with van der Waals surface area (Å²) < 4.78 is 30.5. The summed E-state index contributed by atoms with van der Waals surface area (Å²) in [6.07, 6.45) is 0.504. The minimum atomic E-state index is -0.686. The number of ether oxygens (including phenoxy) is 2. The molecular weight excluding hydrogens is 461 g/mol. The Morgan fingerprint density at radius 1 is 0.944 bits per heavy atom. The second-order valence-electron chi connectivity index (χ2n) is 9.02. The predicted octanol–water partition coefficient (Wildman–Crippen LogP) is 5.35. The van der Waals surface area contributed by atoms with Gasteiger partial charge in [0.1, 0.15) is 11.4 Å². The number of hydrogen-bond donors (Lipinski definition) is 0. The summed E-state index contributed by atoms with van der Waals surface area (Å²) in [5, 5.41) is 0.459. The summed E-state index contributed by atoms with van der Waals surface area (Å²) in [7, 11) is 3.14. The number of aryl methyl sites for hydroxylation is 2. The summed E-state index contributed by atoms with van der Waals surface area (Å²) in [5.41, 5.74) is 3.75. The molecule has 2 heterocycles. The number of carbonyl (C=O) groups excluding carboxylic acids is 1. The Kier molecular flexibility index (Phi) is 6.00. The molecule has 1 atom stereocenters. The molecular formula is C29H26FNO5. The first-order valence-corrected chi connectivity index (χ1v) is 11.7. The molecule has 7 heteroatoms. The molecule has 0 unspecified atom stereocenters. The lowest BCUT2D eigenvalue weighted by Crippen LogP contribution is -2.31. The molecule has 0 aliphatic carbocycles. The minimum absolute atomic E-state index is 0.0409. The molecule has 3 aromatic carbocycles. The van der Waals surface area contributed by atoms with Crippen molar-refractivity contribution in [3.63, 3.8) is 0 Å². The number of methoxy groups -OCH3 is 2. The number of carbonyl (C=O) groups is 1. The van der Waals surface area contributed by atoms with E-state index in [4.69, 9.17) is 13.9 Å². The molecule has 0 bridgehead atoms. The van der Waals surface area contributed by atoms with Gasteiger partial charge in [0.25, 0.3) is 5.91 Å². The van der Waals surface area contributed by atoms with E-state index >= 15 is 0 Å². The van der Waals surface area contributed by atoms with Crippen LogP contribution in [0, 0.1) is 19.7 Å². The van der Waals surface area contributed by atoms with E-state index < -0.39 is 11.9 Å². The maximum Gasteiger partial charge on any atom is 0.290 e. The minimum Gasteiger partial charge on any atom is -0.493 e. The summed E-state index contributed by atoms with van der Waals surface area (Å²) in [5.74, 6) is 0.492. The summed E-state index contributed by atoms with van der Waals surface area (Å²) in [4.78, 5) is 29.0. The maximum absolute atomic E-state index is 13.8. The summed E-state index contributed by atoms with van der Waals surface area (Å²) >= 11 is 0. The summed E-state index contributed by atoms with van der Waals surface area (Å²) in [6.45, 7) is 4.09. The Hall–Kier alpha value is -4.13. The first-order valence-electron chi connectivity index (χ1n) is 11.7. The number of rotatable bonds is 6. The molecule has 1 aliphatic rings.